The summed E-state index contributed by atoms with van der Waals surface area (Å²) in [4.78, 5) is 6.32. The molecule has 4 heteroatoms. The number of benzene rings is 2. The van der Waals surface area contributed by atoms with Crippen molar-refractivity contribution in [3.8, 4) is 5.75 Å². The fourth-order valence-corrected chi connectivity index (χ4v) is 3.35. The third-order valence-corrected chi connectivity index (χ3v) is 5.12. The quantitative estimate of drug-likeness (QED) is 0.777. The molecule has 0 aliphatic carbocycles. The molecule has 122 valence electrons. The van der Waals surface area contributed by atoms with Gasteiger partial charge in [-0.15, -0.1) is 11.8 Å². The van der Waals surface area contributed by atoms with E-state index in [0.29, 0.717) is 0 Å². The van der Waals surface area contributed by atoms with Crippen LogP contribution in [0.2, 0.25) is 0 Å². The molecule has 1 fully saturated rings. The lowest BCUT2D eigenvalue weighted by Crippen LogP contribution is -2.45. The lowest BCUT2D eigenvalue weighted by molar-refractivity contribution is 0.250. The van der Waals surface area contributed by atoms with E-state index in [-0.39, 0.29) is 0 Å². The van der Waals surface area contributed by atoms with Crippen molar-refractivity contribution in [3.05, 3.63) is 54.1 Å². The molecular formula is C19H24N2OS. The van der Waals surface area contributed by atoms with Crippen LogP contribution >= 0.6 is 11.8 Å². The molecule has 2 aromatic carbocycles. The van der Waals surface area contributed by atoms with Gasteiger partial charge < -0.3 is 9.64 Å². The summed E-state index contributed by atoms with van der Waals surface area (Å²) in [6, 6.07) is 17.3. The molecule has 0 bridgehead atoms. The summed E-state index contributed by atoms with van der Waals surface area (Å²) in [5, 5.41) is 0. The Balaban J connectivity index is 1.53. The van der Waals surface area contributed by atoms with E-state index in [9.17, 15) is 0 Å². The van der Waals surface area contributed by atoms with Crippen LogP contribution in [0.25, 0.3) is 0 Å². The Labute approximate surface area is 143 Å². The summed E-state index contributed by atoms with van der Waals surface area (Å²) in [5.41, 5.74) is 2.69. The second-order valence-corrected chi connectivity index (χ2v) is 6.69. The van der Waals surface area contributed by atoms with Gasteiger partial charge in [0.05, 0.1) is 7.11 Å². The van der Waals surface area contributed by atoms with Crippen LogP contribution in [-0.2, 0) is 6.54 Å². The minimum absolute atomic E-state index is 0.918. The van der Waals surface area contributed by atoms with Crippen molar-refractivity contribution in [2.45, 2.75) is 11.4 Å². The molecule has 2 aromatic rings. The first kappa shape index (κ1) is 16.2. The molecule has 0 amide bonds. The van der Waals surface area contributed by atoms with Gasteiger partial charge in [0.15, 0.2) is 0 Å². The monoisotopic (exact) mass is 328 g/mol. The molecule has 1 heterocycles. The zero-order valence-electron chi connectivity index (χ0n) is 13.9. The molecule has 0 unspecified atom stereocenters. The van der Waals surface area contributed by atoms with Crippen LogP contribution in [0.4, 0.5) is 5.69 Å². The van der Waals surface area contributed by atoms with Crippen molar-refractivity contribution in [2.75, 3.05) is 44.4 Å². The topological polar surface area (TPSA) is 15.7 Å². The van der Waals surface area contributed by atoms with Gasteiger partial charge in [0.25, 0.3) is 0 Å². The Bertz CT molecular complexity index is 604. The van der Waals surface area contributed by atoms with E-state index in [2.05, 4.69) is 52.5 Å². The molecule has 3 rings (SSSR count). The standard InChI is InChI=1S/C19H24N2OS/c1-22-18-7-5-17(6-8-18)21-13-11-20(12-14-21)15-16-3-9-19(23-2)10-4-16/h3-10H,11-15H2,1-2H3. The normalized spacial score (nSPS) is 15.7. The van der Waals surface area contributed by atoms with E-state index < -0.39 is 0 Å². The molecule has 23 heavy (non-hydrogen) atoms. The first-order chi connectivity index (χ1) is 11.3. The van der Waals surface area contributed by atoms with Crippen LogP contribution in [0.5, 0.6) is 5.75 Å². The van der Waals surface area contributed by atoms with Crippen LogP contribution in [0.1, 0.15) is 5.56 Å². The number of hydrogen-bond donors (Lipinski definition) is 0. The van der Waals surface area contributed by atoms with E-state index in [1.807, 2.05) is 12.1 Å². The molecule has 0 spiro atoms. The van der Waals surface area contributed by atoms with Gasteiger partial charge in [-0.1, -0.05) is 12.1 Å². The summed E-state index contributed by atoms with van der Waals surface area (Å²) in [6.45, 7) is 5.42. The SMILES string of the molecule is COc1ccc(N2CCN(Cc3ccc(SC)cc3)CC2)cc1. The minimum Gasteiger partial charge on any atom is -0.497 e. The maximum atomic E-state index is 5.23. The average Bonchev–Trinajstić information content (AvgIpc) is 2.63. The molecule has 0 saturated carbocycles. The van der Waals surface area contributed by atoms with Crippen LogP contribution in [0, 0.1) is 0 Å². The third kappa shape index (κ3) is 4.21. The number of methoxy groups -OCH3 is 1. The maximum Gasteiger partial charge on any atom is 0.119 e. The first-order valence-electron chi connectivity index (χ1n) is 8.03. The van der Waals surface area contributed by atoms with Gasteiger partial charge in [-0.3, -0.25) is 4.90 Å². The fourth-order valence-electron chi connectivity index (χ4n) is 2.95. The highest BCUT2D eigenvalue weighted by atomic mass is 32.2. The molecule has 3 nitrogen and oxygen atoms in total. The highest BCUT2D eigenvalue weighted by molar-refractivity contribution is 7.98. The number of thioether (sulfide) groups is 1. The Hall–Kier alpha value is -1.65. The number of nitrogens with zero attached hydrogens (tertiary/aromatic N) is 2. The molecule has 1 aliphatic rings. The molecule has 1 saturated heterocycles. The summed E-state index contributed by atoms with van der Waals surface area (Å²) >= 11 is 1.79. The van der Waals surface area contributed by atoms with E-state index in [1.165, 1.54) is 16.1 Å². The van der Waals surface area contributed by atoms with Crippen molar-refractivity contribution in [2.24, 2.45) is 0 Å². The van der Waals surface area contributed by atoms with Gasteiger partial charge in [-0.2, -0.15) is 0 Å². The largest absolute Gasteiger partial charge is 0.497 e. The van der Waals surface area contributed by atoms with Crippen LogP contribution in [0.15, 0.2) is 53.4 Å². The second kappa shape index (κ2) is 7.75. The smallest absolute Gasteiger partial charge is 0.119 e. The summed E-state index contributed by atoms with van der Waals surface area (Å²) in [5.74, 6) is 0.918. The second-order valence-electron chi connectivity index (χ2n) is 5.81. The Morgan fingerprint density at radius 3 is 2.13 bits per heavy atom. The zero-order valence-corrected chi connectivity index (χ0v) is 14.7. The van der Waals surface area contributed by atoms with E-state index in [0.717, 1.165) is 38.5 Å². The number of ether oxygens (including phenoxy) is 1. The van der Waals surface area contributed by atoms with Gasteiger partial charge >= 0.3 is 0 Å². The average molecular weight is 328 g/mol. The van der Waals surface area contributed by atoms with Gasteiger partial charge in [-0.25, -0.2) is 0 Å². The summed E-state index contributed by atoms with van der Waals surface area (Å²) < 4.78 is 5.23. The van der Waals surface area contributed by atoms with Gasteiger partial charge in [0.2, 0.25) is 0 Å². The number of piperazine rings is 1. The van der Waals surface area contributed by atoms with Crippen molar-refractivity contribution in [1.29, 1.82) is 0 Å². The number of rotatable bonds is 5. The molecule has 0 aromatic heterocycles. The zero-order chi connectivity index (χ0) is 16.1. The van der Waals surface area contributed by atoms with Crippen molar-refractivity contribution >= 4 is 17.4 Å². The van der Waals surface area contributed by atoms with Crippen molar-refractivity contribution < 1.29 is 4.74 Å². The predicted octanol–water partition coefficient (Wildman–Crippen LogP) is 3.74. The summed E-state index contributed by atoms with van der Waals surface area (Å²) in [7, 11) is 1.71. The summed E-state index contributed by atoms with van der Waals surface area (Å²) in [6.07, 6.45) is 2.12. The Morgan fingerprint density at radius 2 is 1.57 bits per heavy atom. The highest BCUT2D eigenvalue weighted by Crippen LogP contribution is 2.21. The first-order valence-corrected chi connectivity index (χ1v) is 9.25. The number of hydrogen-bond acceptors (Lipinski definition) is 4. The van der Waals surface area contributed by atoms with Gasteiger partial charge in [-0.05, 0) is 48.2 Å². The van der Waals surface area contributed by atoms with E-state index >= 15 is 0 Å². The highest BCUT2D eigenvalue weighted by Gasteiger charge is 2.17. The van der Waals surface area contributed by atoms with E-state index in [1.54, 1.807) is 18.9 Å². The molecule has 0 atom stereocenters. The molecule has 0 N–H and O–H groups in total. The van der Waals surface area contributed by atoms with Crippen molar-refractivity contribution in [1.82, 2.24) is 4.90 Å². The fraction of sp³-hybridized carbons (Fsp3) is 0.368. The van der Waals surface area contributed by atoms with Crippen LogP contribution in [-0.4, -0.2) is 44.4 Å². The predicted molar refractivity (Wildman–Crippen MR) is 98.7 cm³/mol. The minimum atomic E-state index is 0.918. The van der Waals surface area contributed by atoms with Gasteiger partial charge in [0, 0.05) is 43.3 Å². The molecule has 1 aliphatic heterocycles. The van der Waals surface area contributed by atoms with Crippen molar-refractivity contribution in [3.63, 3.8) is 0 Å². The molecule has 0 radical (unpaired) electrons. The van der Waals surface area contributed by atoms with Gasteiger partial charge in [0.1, 0.15) is 5.75 Å². The third-order valence-electron chi connectivity index (χ3n) is 4.38. The Kier molecular flexibility index (Phi) is 5.47. The number of anilines is 1. The van der Waals surface area contributed by atoms with E-state index in [4.69, 9.17) is 4.74 Å². The maximum absolute atomic E-state index is 5.23. The lowest BCUT2D eigenvalue weighted by atomic mass is 10.2. The van der Waals surface area contributed by atoms with Crippen LogP contribution in [0.3, 0.4) is 0 Å². The molecular weight excluding hydrogens is 304 g/mol. The van der Waals surface area contributed by atoms with Crippen LogP contribution < -0.4 is 9.64 Å². The lowest BCUT2D eigenvalue weighted by Gasteiger charge is -2.36. The Morgan fingerprint density at radius 1 is 0.913 bits per heavy atom.